The molecule has 1 aliphatic rings. The molecule has 2 rings (SSSR count). The van der Waals surface area contributed by atoms with Crippen LogP contribution in [0.3, 0.4) is 0 Å². The molecule has 0 bridgehead atoms. The highest BCUT2D eigenvalue weighted by Gasteiger charge is 2.10. The van der Waals surface area contributed by atoms with Gasteiger partial charge in [0.05, 0.1) is 19.4 Å². The van der Waals surface area contributed by atoms with E-state index < -0.39 is 0 Å². The summed E-state index contributed by atoms with van der Waals surface area (Å²) in [5.74, 6) is 1.49. The Morgan fingerprint density at radius 1 is 1.28 bits per heavy atom. The number of likely N-dealkylation sites (tertiary alicyclic amines) is 1. The van der Waals surface area contributed by atoms with Crippen molar-refractivity contribution in [2.45, 2.75) is 19.3 Å². The zero-order valence-electron chi connectivity index (χ0n) is 11.0. The average molecular weight is 250 g/mol. The number of anilines is 1. The number of ether oxygens (including phenoxy) is 2. The van der Waals surface area contributed by atoms with E-state index in [0.717, 1.165) is 24.5 Å². The van der Waals surface area contributed by atoms with Crippen LogP contribution >= 0.6 is 0 Å². The standard InChI is InChI=1S/C14H22N2O2/c1-17-12-5-6-13(15)14(11-12)18-10-4-9-16-7-2-3-8-16/h5-6,11H,2-4,7-10,15H2,1H3. The maximum atomic E-state index is 5.86. The highest BCUT2D eigenvalue weighted by molar-refractivity contribution is 5.55. The van der Waals surface area contributed by atoms with E-state index in [4.69, 9.17) is 15.2 Å². The van der Waals surface area contributed by atoms with Crippen molar-refractivity contribution in [2.24, 2.45) is 0 Å². The summed E-state index contributed by atoms with van der Waals surface area (Å²) in [5, 5.41) is 0. The summed E-state index contributed by atoms with van der Waals surface area (Å²) in [4.78, 5) is 2.48. The number of rotatable bonds is 6. The van der Waals surface area contributed by atoms with Crippen molar-refractivity contribution in [1.82, 2.24) is 4.90 Å². The van der Waals surface area contributed by atoms with Gasteiger partial charge in [-0.2, -0.15) is 0 Å². The lowest BCUT2D eigenvalue weighted by Gasteiger charge is -2.15. The van der Waals surface area contributed by atoms with Crippen LogP contribution in [0.2, 0.25) is 0 Å². The van der Waals surface area contributed by atoms with Crippen molar-refractivity contribution < 1.29 is 9.47 Å². The van der Waals surface area contributed by atoms with Gasteiger partial charge >= 0.3 is 0 Å². The molecule has 2 N–H and O–H groups in total. The van der Waals surface area contributed by atoms with E-state index in [-0.39, 0.29) is 0 Å². The molecule has 1 aliphatic heterocycles. The fourth-order valence-electron chi connectivity index (χ4n) is 2.24. The lowest BCUT2D eigenvalue weighted by Crippen LogP contribution is -2.22. The quantitative estimate of drug-likeness (QED) is 0.621. The minimum Gasteiger partial charge on any atom is -0.497 e. The molecule has 1 aromatic rings. The van der Waals surface area contributed by atoms with Crippen LogP contribution in [0.15, 0.2) is 18.2 Å². The number of benzene rings is 1. The summed E-state index contributed by atoms with van der Waals surface area (Å²) in [6.45, 7) is 4.29. The highest BCUT2D eigenvalue weighted by atomic mass is 16.5. The van der Waals surface area contributed by atoms with Gasteiger partial charge < -0.3 is 20.1 Å². The highest BCUT2D eigenvalue weighted by Crippen LogP contribution is 2.26. The van der Waals surface area contributed by atoms with Crippen molar-refractivity contribution >= 4 is 5.69 Å². The molecule has 1 aromatic carbocycles. The first-order valence-corrected chi connectivity index (χ1v) is 6.58. The minimum atomic E-state index is 0.664. The van der Waals surface area contributed by atoms with Crippen molar-refractivity contribution in [2.75, 3.05) is 39.1 Å². The van der Waals surface area contributed by atoms with Crippen LogP contribution in [-0.4, -0.2) is 38.3 Å². The Kier molecular flexibility index (Phi) is 4.70. The largest absolute Gasteiger partial charge is 0.497 e. The van der Waals surface area contributed by atoms with Crippen LogP contribution in [-0.2, 0) is 0 Å². The molecule has 0 spiro atoms. The SMILES string of the molecule is COc1ccc(N)c(OCCCN2CCCC2)c1. The summed E-state index contributed by atoms with van der Waals surface area (Å²) in [6, 6.07) is 5.49. The fraction of sp³-hybridized carbons (Fsp3) is 0.571. The van der Waals surface area contributed by atoms with E-state index in [9.17, 15) is 0 Å². The normalized spacial score (nSPS) is 15.8. The van der Waals surface area contributed by atoms with Crippen LogP contribution in [0.4, 0.5) is 5.69 Å². The molecule has 4 nitrogen and oxygen atoms in total. The Labute approximate surface area is 109 Å². The van der Waals surface area contributed by atoms with E-state index in [0.29, 0.717) is 12.3 Å². The monoisotopic (exact) mass is 250 g/mol. The lowest BCUT2D eigenvalue weighted by atomic mass is 10.3. The molecule has 18 heavy (non-hydrogen) atoms. The molecule has 0 amide bonds. The van der Waals surface area contributed by atoms with Crippen LogP contribution < -0.4 is 15.2 Å². The number of hydrogen-bond donors (Lipinski definition) is 1. The Hall–Kier alpha value is -1.42. The number of hydrogen-bond acceptors (Lipinski definition) is 4. The van der Waals surface area contributed by atoms with Crippen LogP contribution in [0.1, 0.15) is 19.3 Å². The molecule has 0 saturated carbocycles. The van der Waals surface area contributed by atoms with Crippen LogP contribution in [0, 0.1) is 0 Å². The Balaban J connectivity index is 1.75. The summed E-state index contributed by atoms with van der Waals surface area (Å²) >= 11 is 0. The zero-order valence-corrected chi connectivity index (χ0v) is 11.0. The summed E-state index contributed by atoms with van der Waals surface area (Å²) in [6.07, 6.45) is 3.71. The third-order valence-corrected chi connectivity index (χ3v) is 3.30. The number of methoxy groups -OCH3 is 1. The van der Waals surface area contributed by atoms with Crippen LogP contribution in [0.5, 0.6) is 11.5 Å². The average Bonchev–Trinajstić information content (AvgIpc) is 2.89. The molecule has 1 fully saturated rings. The summed E-state index contributed by atoms with van der Waals surface area (Å²) < 4.78 is 10.9. The Morgan fingerprint density at radius 2 is 2.06 bits per heavy atom. The van der Waals surface area contributed by atoms with Crippen molar-refractivity contribution in [3.05, 3.63) is 18.2 Å². The van der Waals surface area contributed by atoms with Gasteiger partial charge in [-0.1, -0.05) is 0 Å². The van der Waals surface area contributed by atoms with Gasteiger partial charge in [-0.3, -0.25) is 0 Å². The van der Waals surface area contributed by atoms with E-state index in [1.165, 1.54) is 25.9 Å². The predicted molar refractivity (Wildman–Crippen MR) is 73.2 cm³/mol. The van der Waals surface area contributed by atoms with E-state index in [2.05, 4.69) is 4.90 Å². The second kappa shape index (κ2) is 6.50. The molecular weight excluding hydrogens is 228 g/mol. The molecule has 0 unspecified atom stereocenters. The van der Waals surface area contributed by atoms with E-state index >= 15 is 0 Å². The fourth-order valence-corrected chi connectivity index (χ4v) is 2.24. The van der Waals surface area contributed by atoms with Gasteiger partial charge in [0.1, 0.15) is 11.5 Å². The first-order chi connectivity index (χ1) is 8.79. The summed E-state index contributed by atoms with van der Waals surface area (Å²) in [7, 11) is 1.64. The van der Waals surface area contributed by atoms with Gasteiger partial charge in [-0.05, 0) is 44.5 Å². The van der Waals surface area contributed by atoms with Gasteiger partial charge in [0.25, 0.3) is 0 Å². The number of nitrogens with zero attached hydrogens (tertiary/aromatic N) is 1. The van der Waals surface area contributed by atoms with Crippen molar-refractivity contribution in [3.63, 3.8) is 0 Å². The second-order valence-corrected chi connectivity index (χ2v) is 4.65. The van der Waals surface area contributed by atoms with E-state index in [1.54, 1.807) is 7.11 Å². The molecular formula is C14H22N2O2. The second-order valence-electron chi connectivity index (χ2n) is 4.65. The zero-order chi connectivity index (χ0) is 12.8. The minimum absolute atomic E-state index is 0.664. The third-order valence-electron chi connectivity index (χ3n) is 3.30. The molecule has 1 heterocycles. The Bertz CT molecular complexity index is 376. The number of nitrogen functional groups attached to an aromatic ring is 1. The molecule has 1 saturated heterocycles. The van der Waals surface area contributed by atoms with Gasteiger partial charge in [0.15, 0.2) is 0 Å². The first kappa shape index (κ1) is 13.0. The molecule has 0 atom stereocenters. The molecule has 100 valence electrons. The maximum absolute atomic E-state index is 5.86. The van der Waals surface area contributed by atoms with Crippen molar-refractivity contribution in [3.8, 4) is 11.5 Å². The molecule has 0 radical (unpaired) electrons. The first-order valence-electron chi connectivity index (χ1n) is 6.58. The molecule has 0 aliphatic carbocycles. The topological polar surface area (TPSA) is 47.7 Å². The number of nitrogens with two attached hydrogens (primary N) is 1. The van der Waals surface area contributed by atoms with Crippen LogP contribution in [0.25, 0.3) is 0 Å². The lowest BCUT2D eigenvalue weighted by molar-refractivity contribution is 0.263. The molecule has 0 aromatic heterocycles. The maximum Gasteiger partial charge on any atom is 0.145 e. The van der Waals surface area contributed by atoms with Gasteiger partial charge in [0, 0.05) is 12.6 Å². The van der Waals surface area contributed by atoms with Gasteiger partial charge in [-0.15, -0.1) is 0 Å². The summed E-state index contributed by atoms with van der Waals surface area (Å²) in [5.41, 5.74) is 6.52. The predicted octanol–water partition coefficient (Wildman–Crippen LogP) is 2.14. The van der Waals surface area contributed by atoms with E-state index in [1.807, 2.05) is 18.2 Å². The smallest absolute Gasteiger partial charge is 0.145 e. The van der Waals surface area contributed by atoms with Crippen molar-refractivity contribution in [1.29, 1.82) is 0 Å². The van der Waals surface area contributed by atoms with Gasteiger partial charge in [-0.25, -0.2) is 0 Å². The molecule has 4 heteroatoms. The third kappa shape index (κ3) is 3.53. The Morgan fingerprint density at radius 3 is 2.78 bits per heavy atom. The van der Waals surface area contributed by atoms with Gasteiger partial charge in [0.2, 0.25) is 0 Å².